The normalized spacial score (nSPS) is 11.7. The van der Waals surface area contributed by atoms with E-state index in [9.17, 15) is 9.59 Å². The van der Waals surface area contributed by atoms with E-state index in [1.807, 2.05) is 43.3 Å². The van der Waals surface area contributed by atoms with Gasteiger partial charge in [-0.25, -0.2) is 10.4 Å². The van der Waals surface area contributed by atoms with Crippen molar-refractivity contribution in [3.8, 4) is 0 Å². The van der Waals surface area contributed by atoms with Gasteiger partial charge in [-0.05, 0) is 36.8 Å². The molecule has 0 aliphatic rings. The maximum absolute atomic E-state index is 11.1. The summed E-state index contributed by atoms with van der Waals surface area (Å²) in [5.41, 5.74) is 19.1. The van der Waals surface area contributed by atoms with E-state index in [0.717, 1.165) is 21.8 Å². The number of thiazole rings is 1. The summed E-state index contributed by atoms with van der Waals surface area (Å²) >= 11 is 6.26. The summed E-state index contributed by atoms with van der Waals surface area (Å²) in [6, 6.07) is 7.15. The minimum atomic E-state index is -0.281. The second-order valence-corrected chi connectivity index (χ2v) is 7.52. The Morgan fingerprint density at radius 1 is 1.17 bits per heavy atom. The number of hydrogen-bond acceptors (Lipinski definition) is 7. The number of aromatic nitrogens is 1. The van der Waals surface area contributed by atoms with Crippen molar-refractivity contribution in [1.82, 2.24) is 21.3 Å². The molecule has 0 unspecified atom stereocenters. The van der Waals surface area contributed by atoms with E-state index >= 15 is 0 Å². The third-order valence-electron chi connectivity index (χ3n) is 3.52. The van der Waals surface area contributed by atoms with E-state index in [2.05, 4.69) is 32.0 Å². The third kappa shape index (κ3) is 7.49. The number of thiocarbonyl (C=S) groups is 1. The Hall–Kier alpha value is -3.02. The van der Waals surface area contributed by atoms with Crippen LogP contribution in [0.4, 0.5) is 10.8 Å². The van der Waals surface area contributed by atoms with Gasteiger partial charge >= 0.3 is 0 Å². The van der Waals surface area contributed by atoms with E-state index in [-0.39, 0.29) is 23.0 Å². The lowest BCUT2D eigenvalue weighted by atomic mass is 10.1. The van der Waals surface area contributed by atoms with Crippen molar-refractivity contribution in [2.75, 3.05) is 10.7 Å². The van der Waals surface area contributed by atoms with Gasteiger partial charge in [0.1, 0.15) is 0 Å². The Morgan fingerprint density at radius 2 is 1.86 bits per heavy atom. The highest BCUT2D eigenvalue weighted by Gasteiger charge is 2.16. The predicted molar refractivity (Wildman–Crippen MR) is 120 cm³/mol. The van der Waals surface area contributed by atoms with Gasteiger partial charge in [0.25, 0.3) is 0 Å². The molecule has 0 saturated heterocycles. The van der Waals surface area contributed by atoms with Crippen molar-refractivity contribution in [2.45, 2.75) is 26.8 Å². The zero-order chi connectivity index (χ0) is 21.4. The van der Waals surface area contributed by atoms with Crippen molar-refractivity contribution in [3.63, 3.8) is 0 Å². The molecule has 0 bridgehead atoms. The maximum Gasteiger partial charge on any atom is 0.235 e. The number of carbonyl (C=O) groups excluding carboxylic acids is 2. The molecule has 9 nitrogen and oxygen atoms in total. The molecule has 0 spiro atoms. The Kier molecular flexibility index (Phi) is 8.07. The van der Waals surface area contributed by atoms with Crippen molar-refractivity contribution >= 4 is 57.4 Å². The van der Waals surface area contributed by atoms with E-state index in [4.69, 9.17) is 18.0 Å². The van der Waals surface area contributed by atoms with E-state index in [1.54, 1.807) is 0 Å². The molecule has 2 rings (SSSR count). The monoisotopic (exact) mass is 433 g/mol. The summed E-state index contributed by atoms with van der Waals surface area (Å²) in [5, 5.41) is 3.40. The second-order valence-electron chi connectivity index (χ2n) is 6.05. The lowest BCUT2D eigenvalue weighted by Crippen LogP contribution is -2.42. The highest BCUT2D eigenvalue weighted by Crippen LogP contribution is 2.29. The van der Waals surface area contributed by atoms with Crippen LogP contribution in [0.3, 0.4) is 0 Å². The minimum absolute atomic E-state index is 0.113. The standard InChI is InChI=1S/C18H23N7O2S2/c1-10-16(29-18(20-10)25-22-12(3)27)15(23-24-17(19)28)9-6-13-4-7-14(8-5-13)21-11(2)26/h4-9,15,23H,1-3H3,(H,20,25)(H,21,26)(H,22,27)(H3,19,24,28)/b9-6+/t15-/m0/s1. The first kappa shape index (κ1) is 22.3. The molecule has 2 amide bonds. The highest BCUT2D eigenvalue weighted by molar-refractivity contribution is 7.80. The van der Waals surface area contributed by atoms with Gasteiger partial charge in [-0.15, -0.1) is 0 Å². The van der Waals surface area contributed by atoms with Crippen molar-refractivity contribution < 1.29 is 9.59 Å². The van der Waals surface area contributed by atoms with Gasteiger partial charge in [0.2, 0.25) is 16.9 Å². The van der Waals surface area contributed by atoms with Gasteiger partial charge in [-0.3, -0.25) is 25.9 Å². The molecule has 0 aliphatic carbocycles. The van der Waals surface area contributed by atoms with Crippen LogP contribution < -0.4 is 32.8 Å². The molecule has 154 valence electrons. The van der Waals surface area contributed by atoms with E-state index in [0.29, 0.717) is 5.13 Å². The molecule has 1 aromatic carbocycles. The molecule has 0 fully saturated rings. The molecule has 0 radical (unpaired) electrons. The van der Waals surface area contributed by atoms with Gasteiger partial charge in [0.05, 0.1) is 16.6 Å². The van der Waals surface area contributed by atoms with Crippen LogP contribution in [-0.2, 0) is 9.59 Å². The number of benzene rings is 1. The second kappa shape index (κ2) is 10.5. The Morgan fingerprint density at radius 3 is 2.45 bits per heavy atom. The first-order chi connectivity index (χ1) is 13.7. The zero-order valence-corrected chi connectivity index (χ0v) is 17.8. The molecule has 11 heteroatoms. The van der Waals surface area contributed by atoms with Gasteiger partial charge in [-0.1, -0.05) is 35.6 Å². The number of hydrogen-bond donors (Lipinski definition) is 6. The van der Waals surface area contributed by atoms with E-state index < -0.39 is 0 Å². The number of amides is 2. The maximum atomic E-state index is 11.1. The Labute approximate surface area is 178 Å². The summed E-state index contributed by atoms with van der Waals surface area (Å²) in [5.74, 6) is -0.336. The first-order valence-electron chi connectivity index (χ1n) is 8.61. The summed E-state index contributed by atoms with van der Waals surface area (Å²) in [6.07, 6.45) is 3.86. The van der Waals surface area contributed by atoms with Crippen LogP contribution in [0.1, 0.15) is 36.0 Å². The summed E-state index contributed by atoms with van der Waals surface area (Å²) in [4.78, 5) is 27.5. The third-order valence-corrected chi connectivity index (χ3v) is 4.78. The molecule has 2 aromatic rings. The SMILES string of the molecule is CC(=O)NNc1nc(C)c([C@H](/C=C/c2ccc(NC(C)=O)cc2)NNC(N)=S)s1. The van der Waals surface area contributed by atoms with Gasteiger partial charge in [0.15, 0.2) is 5.11 Å². The van der Waals surface area contributed by atoms with Crippen LogP contribution in [0, 0.1) is 6.92 Å². The predicted octanol–water partition coefficient (Wildman–Crippen LogP) is 1.97. The van der Waals surface area contributed by atoms with Crippen LogP contribution in [-0.4, -0.2) is 21.9 Å². The topological polar surface area (TPSA) is 133 Å². The Bertz CT molecular complexity index is 909. The van der Waals surface area contributed by atoms with Crippen LogP contribution in [0.5, 0.6) is 0 Å². The van der Waals surface area contributed by atoms with Crippen LogP contribution >= 0.6 is 23.6 Å². The lowest BCUT2D eigenvalue weighted by molar-refractivity contribution is -0.118. The first-order valence-corrected chi connectivity index (χ1v) is 9.84. The smallest absolute Gasteiger partial charge is 0.235 e. The molecule has 29 heavy (non-hydrogen) atoms. The molecule has 1 atom stereocenters. The average Bonchev–Trinajstić information content (AvgIpc) is 3.01. The van der Waals surface area contributed by atoms with Crippen molar-refractivity contribution in [2.24, 2.45) is 5.73 Å². The summed E-state index contributed by atoms with van der Waals surface area (Å²) < 4.78 is 0. The number of anilines is 2. The zero-order valence-electron chi connectivity index (χ0n) is 16.2. The average molecular weight is 434 g/mol. The number of nitrogens with two attached hydrogens (primary N) is 1. The quantitative estimate of drug-likeness (QED) is 0.275. The Balaban J connectivity index is 2.19. The minimum Gasteiger partial charge on any atom is -0.375 e. The number of nitrogens with one attached hydrogen (secondary N) is 5. The van der Waals surface area contributed by atoms with E-state index in [1.165, 1.54) is 25.2 Å². The number of carbonyl (C=O) groups is 2. The summed E-state index contributed by atoms with van der Waals surface area (Å²) in [7, 11) is 0. The molecule has 7 N–H and O–H groups in total. The molecule has 1 aromatic heterocycles. The molecule has 0 aliphatic heterocycles. The van der Waals surface area contributed by atoms with Gasteiger partial charge < -0.3 is 11.1 Å². The van der Waals surface area contributed by atoms with Gasteiger partial charge in [-0.2, -0.15) is 0 Å². The van der Waals surface area contributed by atoms with Crippen LogP contribution in [0.15, 0.2) is 30.3 Å². The van der Waals surface area contributed by atoms with Crippen LogP contribution in [0.25, 0.3) is 6.08 Å². The number of rotatable bonds is 8. The fraction of sp³-hybridized carbons (Fsp3) is 0.222. The molecular formula is C18H23N7O2S2. The van der Waals surface area contributed by atoms with Gasteiger partial charge in [0, 0.05) is 19.5 Å². The van der Waals surface area contributed by atoms with Crippen molar-refractivity contribution in [1.29, 1.82) is 0 Å². The number of aryl methyl sites for hydroxylation is 1. The fourth-order valence-electron chi connectivity index (χ4n) is 2.33. The largest absolute Gasteiger partial charge is 0.375 e. The lowest BCUT2D eigenvalue weighted by Gasteiger charge is -2.15. The molecule has 1 heterocycles. The molecular weight excluding hydrogens is 410 g/mol. The van der Waals surface area contributed by atoms with Crippen molar-refractivity contribution in [3.05, 3.63) is 46.5 Å². The highest BCUT2D eigenvalue weighted by atomic mass is 32.1. The van der Waals surface area contributed by atoms with Crippen LogP contribution in [0.2, 0.25) is 0 Å². The summed E-state index contributed by atoms with van der Waals surface area (Å²) in [6.45, 7) is 4.74. The fourth-order valence-corrected chi connectivity index (χ4v) is 3.34. The number of hydrazine groups is 2. The molecule has 0 saturated carbocycles. The number of nitrogens with zero attached hydrogens (tertiary/aromatic N) is 1.